The highest BCUT2D eigenvalue weighted by Gasteiger charge is 2.39. The van der Waals surface area contributed by atoms with Crippen LogP contribution in [0.15, 0.2) is 54.6 Å². The molecule has 3 rings (SSSR count). The van der Waals surface area contributed by atoms with Crippen LogP contribution in [0.5, 0.6) is 0 Å². The highest BCUT2D eigenvalue weighted by atomic mass is 19.4. The van der Waals surface area contributed by atoms with Gasteiger partial charge in [0, 0.05) is 26.1 Å². The van der Waals surface area contributed by atoms with Gasteiger partial charge in [0.1, 0.15) is 12.6 Å². The summed E-state index contributed by atoms with van der Waals surface area (Å²) in [5.74, 6) is -6.40. The smallest absolute Gasteiger partial charge is 0.480 e. The SMILES string of the molecule is NCc1ccc(CNC(=O)[C@H](Cc2ccccc2)NC(=O)N(CCC2CCCCC2)CC(=O)O)cc1.O=C(O)C(F)(F)F.O=C(O)C(F)(F)F. The number of aliphatic carboxylic acids is 3. The van der Waals surface area contributed by atoms with Gasteiger partial charge in [0.25, 0.3) is 0 Å². The molecule has 0 unspecified atom stereocenters. The summed E-state index contributed by atoms with van der Waals surface area (Å²) in [4.78, 5) is 56.9. The number of nitrogens with two attached hydrogens (primary N) is 1. The number of carbonyl (C=O) groups excluding carboxylic acids is 2. The molecule has 1 fully saturated rings. The number of hydrogen-bond donors (Lipinski definition) is 6. The van der Waals surface area contributed by atoms with E-state index in [1.807, 2.05) is 54.6 Å². The minimum absolute atomic E-state index is 0.300. The van der Waals surface area contributed by atoms with Crippen LogP contribution in [0.1, 0.15) is 55.2 Å². The fraction of sp³-hybridized carbons (Fsp3) is 0.469. The lowest BCUT2D eigenvalue weighted by Gasteiger charge is -2.28. The first kappa shape index (κ1) is 43.2. The molecule has 18 heteroatoms. The molecule has 0 heterocycles. The number of rotatable bonds is 12. The molecule has 0 radical (unpaired) electrons. The second-order valence-corrected chi connectivity index (χ2v) is 11.1. The molecule has 1 aliphatic carbocycles. The number of alkyl halides is 6. The lowest BCUT2D eigenvalue weighted by molar-refractivity contribution is -0.193. The van der Waals surface area contributed by atoms with Gasteiger partial charge in [-0.1, -0.05) is 86.7 Å². The van der Waals surface area contributed by atoms with Gasteiger partial charge in [-0.05, 0) is 29.0 Å². The van der Waals surface area contributed by atoms with Crippen LogP contribution in [0.3, 0.4) is 0 Å². The summed E-state index contributed by atoms with van der Waals surface area (Å²) in [5, 5.41) is 29.4. The first-order valence-electron chi connectivity index (χ1n) is 15.3. The van der Waals surface area contributed by atoms with E-state index in [9.17, 15) is 45.8 Å². The average molecular weight is 723 g/mol. The predicted molar refractivity (Wildman–Crippen MR) is 166 cm³/mol. The zero-order chi connectivity index (χ0) is 37.9. The summed E-state index contributed by atoms with van der Waals surface area (Å²) in [6.45, 7) is 0.721. The molecule has 0 saturated heterocycles. The molecule has 0 aromatic heterocycles. The van der Waals surface area contributed by atoms with E-state index in [1.54, 1.807) is 0 Å². The van der Waals surface area contributed by atoms with Crippen molar-refractivity contribution in [3.05, 3.63) is 71.3 Å². The van der Waals surface area contributed by atoms with Gasteiger partial charge in [0.2, 0.25) is 5.91 Å². The standard InChI is InChI=1S/C28H38N4O4.2C2HF3O2/c29-18-23-11-13-24(14-12-23)19-30-27(35)25(17-22-9-5-2-6-10-22)31-28(36)32(20-26(33)34)16-15-21-7-3-1-4-8-21;2*3-2(4,5)1(6)7/h2,5-6,9-14,21,25H,1,3-4,7-8,15-20,29H2,(H,30,35)(H,31,36)(H,33,34);2*(H,6,7)/t25-;;/m0../s1. The van der Waals surface area contributed by atoms with Gasteiger partial charge in [0.05, 0.1) is 0 Å². The Labute approximate surface area is 283 Å². The Hall–Kier alpha value is -4.87. The number of hydrogen-bond acceptors (Lipinski definition) is 6. The van der Waals surface area contributed by atoms with E-state index in [4.69, 9.17) is 25.5 Å². The molecule has 0 bridgehead atoms. The molecule has 0 aliphatic heterocycles. The maximum atomic E-state index is 13.2. The third-order valence-corrected chi connectivity index (χ3v) is 7.25. The van der Waals surface area contributed by atoms with Crippen molar-refractivity contribution in [2.45, 2.75) is 76.4 Å². The van der Waals surface area contributed by atoms with Gasteiger partial charge in [0.15, 0.2) is 0 Å². The van der Waals surface area contributed by atoms with E-state index in [0.717, 1.165) is 36.0 Å². The second-order valence-electron chi connectivity index (χ2n) is 11.1. The van der Waals surface area contributed by atoms with Crippen LogP contribution in [-0.2, 0) is 38.7 Å². The topological polar surface area (TPSA) is 199 Å². The van der Waals surface area contributed by atoms with Crippen molar-refractivity contribution in [3.63, 3.8) is 0 Å². The number of amides is 3. The van der Waals surface area contributed by atoms with Crippen LogP contribution in [-0.4, -0.2) is 81.5 Å². The minimum Gasteiger partial charge on any atom is -0.480 e. The first-order valence-corrected chi connectivity index (χ1v) is 15.3. The molecule has 278 valence electrons. The quantitative estimate of drug-likeness (QED) is 0.168. The van der Waals surface area contributed by atoms with E-state index in [2.05, 4.69) is 10.6 Å². The molecule has 0 spiro atoms. The number of carboxylic acids is 3. The molecule has 2 aromatic rings. The summed E-state index contributed by atoms with van der Waals surface area (Å²) >= 11 is 0. The van der Waals surface area contributed by atoms with Gasteiger partial charge in [-0.2, -0.15) is 26.3 Å². The predicted octanol–water partition coefficient (Wildman–Crippen LogP) is 4.71. The van der Waals surface area contributed by atoms with E-state index < -0.39 is 48.9 Å². The van der Waals surface area contributed by atoms with Crippen LogP contribution in [0, 0.1) is 5.92 Å². The molecule has 1 aliphatic rings. The molecule has 1 saturated carbocycles. The molecular weight excluding hydrogens is 682 g/mol. The van der Waals surface area contributed by atoms with Crippen LogP contribution in [0.2, 0.25) is 0 Å². The maximum absolute atomic E-state index is 13.2. The van der Waals surface area contributed by atoms with Gasteiger partial charge in [-0.25, -0.2) is 14.4 Å². The fourth-order valence-corrected chi connectivity index (χ4v) is 4.63. The highest BCUT2D eigenvalue weighted by Crippen LogP contribution is 2.26. The molecule has 3 amide bonds. The number of carbonyl (C=O) groups is 5. The molecule has 50 heavy (non-hydrogen) atoms. The number of carboxylic acid groups (broad SMARTS) is 3. The van der Waals surface area contributed by atoms with E-state index in [0.29, 0.717) is 32.0 Å². The Morgan fingerprint density at radius 1 is 0.780 bits per heavy atom. The summed E-state index contributed by atoms with van der Waals surface area (Å²) in [5.41, 5.74) is 8.48. The Kier molecular flexibility index (Phi) is 18.4. The maximum Gasteiger partial charge on any atom is 0.490 e. The van der Waals surface area contributed by atoms with Crippen molar-refractivity contribution >= 4 is 29.8 Å². The van der Waals surface area contributed by atoms with Crippen molar-refractivity contribution in [2.75, 3.05) is 13.1 Å². The first-order chi connectivity index (χ1) is 23.3. The van der Waals surface area contributed by atoms with Crippen molar-refractivity contribution in [1.82, 2.24) is 15.5 Å². The number of benzene rings is 2. The lowest BCUT2D eigenvalue weighted by atomic mass is 9.87. The summed E-state index contributed by atoms with van der Waals surface area (Å²) in [6, 6.07) is 15.7. The number of halogens is 6. The van der Waals surface area contributed by atoms with Crippen molar-refractivity contribution in [3.8, 4) is 0 Å². The Bertz CT molecular complexity index is 1350. The third kappa shape index (κ3) is 18.0. The van der Waals surface area contributed by atoms with Crippen molar-refractivity contribution in [1.29, 1.82) is 0 Å². The van der Waals surface area contributed by atoms with Crippen molar-refractivity contribution < 1.29 is 65.6 Å². The largest absolute Gasteiger partial charge is 0.490 e. The molecule has 12 nitrogen and oxygen atoms in total. The third-order valence-electron chi connectivity index (χ3n) is 7.25. The Balaban J connectivity index is 0.000000748. The summed E-state index contributed by atoms with van der Waals surface area (Å²) in [6.07, 6.45) is -3.25. The summed E-state index contributed by atoms with van der Waals surface area (Å²) in [7, 11) is 0. The van der Waals surface area contributed by atoms with Gasteiger partial charge >= 0.3 is 36.3 Å². The van der Waals surface area contributed by atoms with Crippen LogP contribution >= 0.6 is 0 Å². The van der Waals surface area contributed by atoms with Gasteiger partial charge in [-0.15, -0.1) is 0 Å². The normalized spacial score (nSPS) is 13.7. The van der Waals surface area contributed by atoms with E-state index >= 15 is 0 Å². The van der Waals surface area contributed by atoms with E-state index in [1.165, 1.54) is 24.2 Å². The summed E-state index contributed by atoms with van der Waals surface area (Å²) < 4.78 is 63.5. The zero-order valence-electron chi connectivity index (χ0n) is 26.8. The molecule has 1 atom stereocenters. The Morgan fingerprint density at radius 3 is 1.74 bits per heavy atom. The minimum atomic E-state index is -5.08. The van der Waals surface area contributed by atoms with Crippen LogP contribution in [0.4, 0.5) is 31.1 Å². The average Bonchev–Trinajstić information content (AvgIpc) is 3.06. The molecule has 2 aromatic carbocycles. The number of urea groups is 1. The van der Waals surface area contributed by atoms with Gasteiger partial charge in [-0.3, -0.25) is 9.59 Å². The monoisotopic (exact) mass is 722 g/mol. The van der Waals surface area contributed by atoms with Gasteiger partial charge < -0.3 is 36.6 Å². The fourth-order valence-electron chi connectivity index (χ4n) is 4.63. The van der Waals surface area contributed by atoms with Crippen LogP contribution in [0.25, 0.3) is 0 Å². The zero-order valence-corrected chi connectivity index (χ0v) is 26.8. The highest BCUT2D eigenvalue weighted by molar-refractivity contribution is 5.88. The van der Waals surface area contributed by atoms with Crippen LogP contribution < -0.4 is 16.4 Å². The Morgan fingerprint density at radius 2 is 1.28 bits per heavy atom. The lowest BCUT2D eigenvalue weighted by Crippen LogP contribution is -2.53. The molecular formula is C32H40F6N4O8. The van der Waals surface area contributed by atoms with Crippen molar-refractivity contribution in [2.24, 2.45) is 11.7 Å². The van der Waals surface area contributed by atoms with E-state index in [-0.39, 0.29) is 5.91 Å². The number of nitrogens with zero attached hydrogens (tertiary/aromatic N) is 1. The molecule has 7 N–H and O–H groups in total. The second kappa shape index (κ2) is 21.3. The number of nitrogens with one attached hydrogen (secondary N) is 2.